The summed E-state index contributed by atoms with van der Waals surface area (Å²) in [5, 5.41) is 10.6. The minimum absolute atomic E-state index is 0.145. The van der Waals surface area contributed by atoms with Crippen molar-refractivity contribution in [3.63, 3.8) is 0 Å². The number of likely N-dealkylation sites (tertiary alicyclic amines) is 1. The highest BCUT2D eigenvalue weighted by molar-refractivity contribution is 5.83. The Bertz CT molecular complexity index is 1250. The van der Waals surface area contributed by atoms with Crippen LogP contribution >= 0.6 is 0 Å². The first-order chi connectivity index (χ1) is 18.2. The van der Waals surface area contributed by atoms with Crippen LogP contribution in [0.3, 0.4) is 0 Å². The van der Waals surface area contributed by atoms with E-state index in [0.717, 1.165) is 6.07 Å². The van der Waals surface area contributed by atoms with E-state index in [1.54, 1.807) is 43.6 Å². The zero-order chi connectivity index (χ0) is 27.3. The zero-order valence-corrected chi connectivity index (χ0v) is 21.3. The summed E-state index contributed by atoms with van der Waals surface area (Å²) in [6.07, 6.45) is -1.65. The summed E-state index contributed by atoms with van der Waals surface area (Å²) in [6, 6.07) is 12.3. The molecular weight excluding hydrogens is 500 g/mol. The number of aryl methyl sites for hydroxylation is 1. The van der Waals surface area contributed by atoms with Crippen molar-refractivity contribution < 1.29 is 32.2 Å². The van der Waals surface area contributed by atoms with E-state index in [9.17, 15) is 23.1 Å². The Kier molecular flexibility index (Phi) is 8.87. The molecule has 0 aliphatic carbocycles. The van der Waals surface area contributed by atoms with Crippen molar-refractivity contribution in [3.8, 4) is 5.75 Å². The number of methoxy groups -OCH3 is 1. The molecule has 1 aliphatic rings. The number of hydrogen-bond donors (Lipinski definition) is 1. The average Bonchev–Trinajstić information content (AvgIpc) is 2.91. The normalized spacial score (nSPS) is 19.4. The number of rotatable bonds is 10. The summed E-state index contributed by atoms with van der Waals surface area (Å²) in [4.78, 5) is 18.4. The van der Waals surface area contributed by atoms with E-state index in [1.807, 2.05) is 0 Å². The quantitative estimate of drug-likeness (QED) is 0.294. The molecule has 3 atom stereocenters. The van der Waals surface area contributed by atoms with Crippen LogP contribution in [-0.2, 0) is 17.4 Å². The maximum atomic E-state index is 15.4. The van der Waals surface area contributed by atoms with Crippen molar-refractivity contribution in [2.75, 3.05) is 26.7 Å². The highest BCUT2D eigenvalue weighted by Gasteiger charge is 2.34. The third kappa shape index (κ3) is 6.81. The molecule has 1 aliphatic heterocycles. The first-order valence-electron chi connectivity index (χ1n) is 12.8. The minimum atomic E-state index is -4.37. The summed E-state index contributed by atoms with van der Waals surface area (Å²) >= 11 is 0. The molecule has 5 nitrogen and oxygen atoms in total. The van der Waals surface area contributed by atoms with Gasteiger partial charge in [-0.05, 0) is 92.6 Å². The molecule has 0 radical (unpaired) electrons. The molecule has 38 heavy (non-hydrogen) atoms. The smallest absolute Gasteiger partial charge is 0.416 e. The fourth-order valence-corrected chi connectivity index (χ4v) is 5.37. The third-order valence-corrected chi connectivity index (χ3v) is 7.46. The van der Waals surface area contributed by atoms with Crippen LogP contribution in [0.5, 0.6) is 5.75 Å². The van der Waals surface area contributed by atoms with Crippen LogP contribution in [0.4, 0.5) is 17.6 Å². The number of piperidine rings is 1. The average molecular weight is 533 g/mol. The maximum Gasteiger partial charge on any atom is 0.416 e. The van der Waals surface area contributed by atoms with E-state index >= 15 is 4.39 Å². The van der Waals surface area contributed by atoms with E-state index in [-0.39, 0.29) is 12.3 Å². The molecule has 1 saturated heterocycles. The molecule has 3 aromatic rings. The number of alkyl halides is 4. The summed E-state index contributed by atoms with van der Waals surface area (Å²) in [5.41, 5.74) is 1.15. The summed E-state index contributed by atoms with van der Waals surface area (Å²) < 4.78 is 59.5. The van der Waals surface area contributed by atoms with Crippen molar-refractivity contribution in [2.45, 2.75) is 44.5 Å². The second-order valence-electron chi connectivity index (χ2n) is 9.92. The van der Waals surface area contributed by atoms with Crippen molar-refractivity contribution in [3.05, 3.63) is 71.4 Å². The van der Waals surface area contributed by atoms with E-state index < -0.39 is 29.8 Å². The van der Waals surface area contributed by atoms with Gasteiger partial charge in [0.15, 0.2) is 0 Å². The van der Waals surface area contributed by atoms with Gasteiger partial charge in [-0.15, -0.1) is 0 Å². The predicted octanol–water partition coefficient (Wildman–Crippen LogP) is 6.71. The van der Waals surface area contributed by atoms with Gasteiger partial charge in [-0.2, -0.15) is 13.2 Å². The predicted molar refractivity (Wildman–Crippen MR) is 137 cm³/mol. The molecule has 0 saturated carbocycles. The number of carbonyl (C=O) groups is 1. The minimum Gasteiger partial charge on any atom is -0.497 e. The molecule has 1 fully saturated rings. The number of nitrogens with zero attached hydrogens (tertiary/aromatic N) is 2. The first kappa shape index (κ1) is 27.8. The van der Waals surface area contributed by atoms with Gasteiger partial charge in [-0.1, -0.05) is 18.2 Å². The highest BCUT2D eigenvalue weighted by Crippen LogP contribution is 2.35. The maximum absolute atomic E-state index is 15.4. The van der Waals surface area contributed by atoms with Crippen molar-refractivity contribution in [1.29, 1.82) is 0 Å². The van der Waals surface area contributed by atoms with Crippen LogP contribution in [0, 0.1) is 11.8 Å². The Morgan fingerprint density at radius 3 is 2.76 bits per heavy atom. The molecule has 0 amide bonds. The third-order valence-electron chi connectivity index (χ3n) is 7.46. The van der Waals surface area contributed by atoms with Gasteiger partial charge in [-0.3, -0.25) is 9.78 Å². The lowest BCUT2D eigenvalue weighted by Crippen LogP contribution is -2.44. The fourth-order valence-electron chi connectivity index (χ4n) is 5.37. The number of fused-ring (bicyclic) bond motifs is 1. The lowest BCUT2D eigenvalue weighted by atomic mass is 9.81. The van der Waals surface area contributed by atoms with Crippen molar-refractivity contribution in [2.24, 2.45) is 11.8 Å². The molecule has 1 aromatic heterocycles. The summed E-state index contributed by atoms with van der Waals surface area (Å²) in [5.74, 6) is -1.04. The number of ether oxygens (including phenoxy) is 1. The number of benzene rings is 2. The number of pyridine rings is 1. The van der Waals surface area contributed by atoms with Crippen molar-refractivity contribution >= 4 is 16.9 Å². The number of aromatic nitrogens is 1. The number of halogens is 4. The highest BCUT2D eigenvalue weighted by atomic mass is 19.4. The molecule has 4 rings (SSSR count). The lowest BCUT2D eigenvalue weighted by molar-refractivity contribution is -0.146. The molecule has 0 bridgehead atoms. The Balaban J connectivity index is 1.32. The standard InChI is InChI=1S/C29H32F4N2O3/c1-38-22-8-10-27-24(17-22)23(11-13-34-27)26(30)9-7-20-12-15-35(18-25(20)28(36)37)14-3-5-19-4-2-6-21(16-19)29(31,32)33/h2,4,6,8,10-11,13,16-17,20,25-26H,3,5,7,9,12,14-15,18H2,1H3,(H,36,37)/t20-,25+,26-/m1/s1. The van der Waals surface area contributed by atoms with Gasteiger partial charge >= 0.3 is 12.1 Å². The second-order valence-corrected chi connectivity index (χ2v) is 9.92. The molecule has 1 N–H and O–H groups in total. The van der Waals surface area contributed by atoms with Gasteiger partial charge in [0, 0.05) is 18.1 Å². The molecule has 2 heterocycles. The molecule has 0 unspecified atom stereocenters. The van der Waals surface area contributed by atoms with E-state index in [4.69, 9.17) is 4.74 Å². The van der Waals surface area contributed by atoms with Crippen LogP contribution in [-0.4, -0.2) is 47.7 Å². The summed E-state index contributed by atoms with van der Waals surface area (Å²) in [7, 11) is 1.55. The number of carboxylic acid groups (broad SMARTS) is 1. The first-order valence-corrected chi connectivity index (χ1v) is 12.8. The summed E-state index contributed by atoms with van der Waals surface area (Å²) in [6.45, 7) is 1.64. The zero-order valence-electron chi connectivity index (χ0n) is 21.3. The van der Waals surface area contributed by atoms with Gasteiger partial charge in [0.05, 0.1) is 24.1 Å². The number of aliphatic carboxylic acids is 1. The Labute approximate surface area is 219 Å². The fraction of sp³-hybridized carbons (Fsp3) is 0.448. The van der Waals surface area contributed by atoms with Crippen LogP contribution < -0.4 is 4.74 Å². The van der Waals surface area contributed by atoms with Crippen LogP contribution in [0.1, 0.15) is 48.5 Å². The Morgan fingerprint density at radius 1 is 1.21 bits per heavy atom. The van der Waals surface area contributed by atoms with Gasteiger partial charge < -0.3 is 14.7 Å². The van der Waals surface area contributed by atoms with Crippen LogP contribution in [0.25, 0.3) is 10.9 Å². The van der Waals surface area contributed by atoms with Gasteiger partial charge in [0.2, 0.25) is 0 Å². The van der Waals surface area contributed by atoms with Crippen LogP contribution in [0.15, 0.2) is 54.7 Å². The van der Waals surface area contributed by atoms with Gasteiger partial charge in [0.1, 0.15) is 11.9 Å². The Morgan fingerprint density at radius 2 is 2.03 bits per heavy atom. The number of hydrogen-bond acceptors (Lipinski definition) is 4. The van der Waals surface area contributed by atoms with E-state index in [2.05, 4.69) is 9.88 Å². The molecular formula is C29H32F4N2O3. The van der Waals surface area contributed by atoms with E-state index in [0.29, 0.717) is 73.1 Å². The molecule has 0 spiro atoms. The van der Waals surface area contributed by atoms with Crippen molar-refractivity contribution in [1.82, 2.24) is 9.88 Å². The second kappa shape index (κ2) is 12.1. The monoisotopic (exact) mass is 532 g/mol. The lowest BCUT2D eigenvalue weighted by Gasteiger charge is -2.37. The SMILES string of the molecule is COc1ccc2nccc([C@H](F)CC[C@@H]3CCN(CCCc4cccc(C(F)(F)F)c4)C[C@@H]3C(=O)O)c2c1. The van der Waals surface area contributed by atoms with E-state index in [1.165, 1.54) is 12.1 Å². The number of carboxylic acids is 1. The topological polar surface area (TPSA) is 62.7 Å². The molecule has 9 heteroatoms. The largest absolute Gasteiger partial charge is 0.497 e. The Hall–Kier alpha value is -3.20. The van der Waals surface area contributed by atoms with Gasteiger partial charge in [-0.25, -0.2) is 4.39 Å². The molecule has 2 aromatic carbocycles. The molecule has 204 valence electrons. The van der Waals surface area contributed by atoms with Crippen LogP contribution in [0.2, 0.25) is 0 Å². The van der Waals surface area contributed by atoms with Gasteiger partial charge in [0.25, 0.3) is 0 Å².